The van der Waals surface area contributed by atoms with E-state index in [4.69, 9.17) is 36.7 Å². The van der Waals surface area contributed by atoms with Crippen molar-refractivity contribution in [1.82, 2.24) is 15.5 Å². The first-order valence-electron chi connectivity index (χ1n) is 6.56. The van der Waals surface area contributed by atoms with Crippen molar-refractivity contribution in [2.45, 2.75) is 13.3 Å². The van der Waals surface area contributed by atoms with E-state index < -0.39 is 18.2 Å². The van der Waals surface area contributed by atoms with Crippen molar-refractivity contribution < 1.29 is 169 Å². The van der Waals surface area contributed by atoms with Gasteiger partial charge in [-0.1, -0.05) is 20.6 Å². The predicted molar refractivity (Wildman–Crippen MR) is 101 cm³/mol. The van der Waals surface area contributed by atoms with Gasteiger partial charge in [0.25, 0.3) is 0 Å². The number of ether oxygens (including phenoxy) is 1. The summed E-state index contributed by atoms with van der Waals surface area (Å²) in [5.74, 6) is 0. The van der Waals surface area contributed by atoms with Crippen LogP contribution in [0.4, 0.5) is 14.4 Å². The average Bonchev–Trinajstić information content (AvgIpc) is 2.56. The number of nitrogens with one attached hydrogen (secondary N) is 5. The van der Waals surface area contributed by atoms with Crippen molar-refractivity contribution >= 4 is 37.4 Å². The SMILES string of the molecule is CNC([NH-])=O.CNC([NH-])=O.C[C-]=O.O=[C-]O.[CH2-]N1CCC1.[NH-]C(=O)O[C-]=O.[NH2-].[Y].[Y].[Y].[Y]. The molecule has 0 aromatic rings. The monoisotopic (exact) mass is 763 g/mol. The molecule has 0 bridgehead atoms. The maximum atomic E-state index is 9.37. The van der Waals surface area contributed by atoms with Crippen LogP contribution in [0.3, 0.4) is 0 Å². The fraction of sp³-hybridized carbons (Fsp3) is 0.462. The van der Waals surface area contributed by atoms with E-state index >= 15 is 0 Å². The molecule has 4 radical (unpaired) electrons. The third-order valence-corrected chi connectivity index (χ3v) is 1.54. The van der Waals surface area contributed by atoms with Crippen LogP contribution >= 0.6 is 0 Å². The van der Waals surface area contributed by atoms with Crippen molar-refractivity contribution in [3.05, 3.63) is 30.4 Å². The number of carbonyl (C=O) groups is 3. The topological polar surface area (TPSA) is 264 Å². The number of hydrogen-bond acceptors (Lipinski definition) is 8. The number of hydrogen-bond donors (Lipinski definition) is 3. The van der Waals surface area contributed by atoms with E-state index in [-0.39, 0.29) is 137 Å². The van der Waals surface area contributed by atoms with E-state index in [2.05, 4.69) is 27.3 Å². The Morgan fingerprint density at radius 2 is 1.12 bits per heavy atom. The summed E-state index contributed by atoms with van der Waals surface area (Å²) in [5, 5.41) is 10.9. The Hall–Kier alpha value is 0.956. The minimum atomic E-state index is -1.38. The number of aliphatic hydroxyl groups excluding tert-OH is 1. The second-order valence-corrected chi connectivity index (χ2v) is 3.40. The van der Waals surface area contributed by atoms with Gasteiger partial charge in [0.1, 0.15) is 12.1 Å². The molecule has 19 heteroatoms. The smallest absolute Gasteiger partial charge is 0.170 e. The summed E-state index contributed by atoms with van der Waals surface area (Å²) in [4.78, 5) is 55.9. The molecular weight excluding hydrogens is 738 g/mol. The van der Waals surface area contributed by atoms with Crippen molar-refractivity contribution in [3.8, 4) is 0 Å². The number of likely N-dealkylation sites (tertiary alicyclic amines) is 1. The van der Waals surface area contributed by atoms with Gasteiger partial charge in [-0.05, 0) is 19.5 Å². The maximum absolute atomic E-state index is 9.37. The van der Waals surface area contributed by atoms with Crippen LogP contribution in [0.1, 0.15) is 13.3 Å². The molecule has 5 amide bonds. The van der Waals surface area contributed by atoms with E-state index in [1.807, 2.05) is 0 Å². The molecule has 0 saturated carbocycles. The molecule has 8 N–H and O–H groups in total. The second kappa shape index (κ2) is 63.5. The molecule has 1 aliphatic rings. The van der Waals surface area contributed by atoms with E-state index in [9.17, 15) is 14.4 Å². The third kappa shape index (κ3) is 143. The normalized spacial score (nSPS) is 8.12. The average molecular weight is 763 g/mol. The van der Waals surface area contributed by atoms with Gasteiger partial charge < -0.3 is 67.9 Å². The van der Waals surface area contributed by atoms with Crippen molar-refractivity contribution in [2.75, 3.05) is 27.2 Å². The number of rotatable bonds is 1. The Morgan fingerprint density at radius 3 is 1.12 bits per heavy atom. The zero-order chi connectivity index (χ0) is 22.7. The third-order valence-electron chi connectivity index (χ3n) is 1.54. The fourth-order valence-electron chi connectivity index (χ4n) is 0.420. The molecule has 180 valence electrons. The predicted octanol–water partition coefficient (Wildman–Crippen LogP) is 1.92. The van der Waals surface area contributed by atoms with Gasteiger partial charge in [0, 0.05) is 131 Å². The summed E-state index contributed by atoms with van der Waals surface area (Å²) < 4.78 is 3.26. The Morgan fingerprint density at radius 1 is 0.938 bits per heavy atom. The first-order valence-corrected chi connectivity index (χ1v) is 6.56. The van der Waals surface area contributed by atoms with Crippen LogP contribution in [-0.2, 0) is 150 Å². The Balaban J connectivity index is -0.0000000223. The van der Waals surface area contributed by atoms with Crippen molar-refractivity contribution in [3.63, 3.8) is 0 Å². The number of amides is 5. The molecule has 1 heterocycles. The molecular formula is C13H25N7O8Y4-8. The fourth-order valence-corrected chi connectivity index (χ4v) is 0.420. The van der Waals surface area contributed by atoms with Crippen molar-refractivity contribution in [2.24, 2.45) is 0 Å². The second-order valence-electron chi connectivity index (χ2n) is 3.40. The summed E-state index contributed by atoms with van der Waals surface area (Å²) in [6.07, 6.45) is 1.47. The van der Waals surface area contributed by atoms with Gasteiger partial charge in [0.15, 0.2) is 6.47 Å². The van der Waals surface area contributed by atoms with Gasteiger partial charge in [-0.3, -0.25) is 22.9 Å². The molecule has 0 unspecified atom stereocenters. The van der Waals surface area contributed by atoms with Crippen LogP contribution in [0.2, 0.25) is 0 Å². The number of carbonyl (C=O) groups excluding carboxylic acids is 5. The van der Waals surface area contributed by atoms with E-state index in [0.717, 1.165) is 6.47 Å². The van der Waals surface area contributed by atoms with Gasteiger partial charge in [-0.25, -0.2) is 0 Å². The van der Waals surface area contributed by atoms with Gasteiger partial charge >= 0.3 is 0 Å². The minimum absolute atomic E-state index is 0. The molecule has 0 aliphatic carbocycles. The van der Waals surface area contributed by atoms with Crippen molar-refractivity contribution in [1.29, 1.82) is 0 Å². The Labute approximate surface area is 289 Å². The van der Waals surface area contributed by atoms with E-state index in [0.29, 0.717) is 6.47 Å². The number of nitrogens with two attached hydrogens (primary N) is 1. The van der Waals surface area contributed by atoms with Crippen LogP contribution in [0.5, 0.6) is 0 Å². The Kier molecular flexibility index (Phi) is 127. The molecule has 0 aromatic heterocycles. The quantitative estimate of drug-likeness (QED) is 0.260. The van der Waals surface area contributed by atoms with E-state index in [1.54, 1.807) is 0 Å². The molecule has 0 aromatic carbocycles. The summed E-state index contributed by atoms with van der Waals surface area (Å²) in [7, 11) is 6.50. The van der Waals surface area contributed by atoms with E-state index in [1.165, 1.54) is 46.8 Å². The maximum Gasteiger partial charge on any atom is 0.170 e. The molecule has 0 spiro atoms. The molecule has 15 nitrogen and oxygen atoms in total. The van der Waals surface area contributed by atoms with Gasteiger partial charge in [-0.15, -0.1) is 0 Å². The number of urea groups is 2. The first-order chi connectivity index (χ1) is 12.5. The van der Waals surface area contributed by atoms with Crippen LogP contribution in [0.15, 0.2) is 0 Å². The minimum Gasteiger partial charge on any atom is -0.721 e. The van der Waals surface area contributed by atoms with Crippen LogP contribution in [0, 0.1) is 7.05 Å². The zero-order valence-electron chi connectivity index (χ0n) is 18.0. The summed E-state index contributed by atoms with van der Waals surface area (Å²) >= 11 is 0. The zero-order valence-corrected chi connectivity index (χ0v) is 29.3. The molecule has 0 atom stereocenters. The van der Waals surface area contributed by atoms with Gasteiger partial charge in [-0.2, -0.15) is 6.92 Å². The summed E-state index contributed by atoms with van der Waals surface area (Å²) in [6.45, 7) is 5.02. The summed E-state index contributed by atoms with van der Waals surface area (Å²) in [5.41, 5.74) is 18.0. The summed E-state index contributed by atoms with van der Waals surface area (Å²) in [6, 6.07) is -1.49. The van der Waals surface area contributed by atoms with Gasteiger partial charge in [0.05, 0.1) is 6.09 Å². The molecule has 1 rings (SSSR count). The molecule has 1 aliphatic heterocycles. The van der Waals surface area contributed by atoms with Crippen LogP contribution < -0.4 is 10.6 Å². The first kappa shape index (κ1) is 63.9. The standard InChI is InChI=1S/C4H8N.2C2H6N2O.C2H2NO3.C2H3O.CHO2.H2N.4Y/c1-5-3-2-4-5;2*1-4-2(3)5;3-2(5)6-1-4;1-2-3;2-1-3;;;;;/h1-4H2;2*1H3,(H3,3,4,5);(H2,3,5);1H3;(H,2,3);1H2;;;;/q-1;;;4*-1;;;;/p-3. The Bertz CT molecular complexity index is 390. The van der Waals surface area contributed by atoms with Gasteiger partial charge in [0.2, 0.25) is 0 Å². The molecule has 1 saturated heterocycles. The molecule has 32 heavy (non-hydrogen) atoms. The number of nitrogens with zero attached hydrogens (tertiary/aromatic N) is 1. The van der Waals surface area contributed by atoms with Crippen LogP contribution in [-0.4, -0.2) is 74.6 Å². The largest absolute Gasteiger partial charge is 0.721 e. The molecule has 1 fully saturated rings. The van der Waals surface area contributed by atoms with Crippen LogP contribution in [0.25, 0.3) is 23.4 Å².